The maximum Gasteiger partial charge on any atom is 0.191 e. The van der Waals surface area contributed by atoms with Crippen LogP contribution in [0.2, 0.25) is 0 Å². The van der Waals surface area contributed by atoms with Gasteiger partial charge in [-0.1, -0.05) is 18.2 Å². The van der Waals surface area contributed by atoms with Crippen molar-refractivity contribution in [2.24, 2.45) is 4.99 Å². The van der Waals surface area contributed by atoms with E-state index < -0.39 is 9.84 Å². The van der Waals surface area contributed by atoms with Crippen molar-refractivity contribution in [3.63, 3.8) is 0 Å². The molecular weight excluding hydrogens is 493 g/mol. The zero-order chi connectivity index (χ0) is 19.0. The summed E-state index contributed by atoms with van der Waals surface area (Å²) in [5, 5.41) is 6.54. The second-order valence-corrected chi connectivity index (χ2v) is 9.73. The van der Waals surface area contributed by atoms with Gasteiger partial charge in [-0.25, -0.2) is 8.42 Å². The molecule has 1 aromatic carbocycles. The summed E-state index contributed by atoms with van der Waals surface area (Å²) in [5.41, 5.74) is 0. The van der Waals surface area contributed by atoms with Crippen LogP contribution in [0, 0.1) is 6.92 Å². The summed E-state index contributed by atoms with van der Waals surface area (Å²) in [5.74, 6) is 0.813. The van der Waals surface area contributed by atoms with Crippen molar-refractivity contribution in [2.45, 2.75) is 37.6 Å². The molecule has 0 aliphatic carbocycles. The van der Waals surface area contributed by atoms with Crippen molar-refractivity contribution >= 4 is 51.1 Å². The number of hydrogen-bond acceptors (Lipinski definition) is 4. The Kier molecular flexibility index (Phi) is 10.3. The molecule has 1 unspecified atom stereocenters. The Morgan fingerprint density at radius 1 is 1.19 bits per heavy atom. The summed E-state index contributed by atoms with van der Waals surface area (Å²) in [6, 6.07) is 13.1. The van der Waals surface area contributed by atoms with Crippen molar-refractivity contribution in [2.75, 3.05) is 19.3 Å². The van der Waals surface area contributed by atoms with E-state index in [1.165, 1.54) is 9.75 Å². The van der Waals surface area contributed by atoms with Gasteiger partial charge < -0.3 is 10.6 Å². The quantitative estimate of drug-likeness (QED) is 0.241. The van der Waals surface area contributed by atoms with Gasteiger partial charge >= 0.3 is 0 Å². The van der Waals surface area contributed by atoms with Gasteiger partial charge in [0.1, 0.15) is 0 Å². The first-order valence-corrected chi connectivity index (χ1v) is 11.2. The Morgan fingerprint density at radius 2 is 1.89 bits per heavy atom. The fourth-order valence-corrected chi connectivity index (χ4v) is 4.94. The van der Waals surface area contributed by atoms with Crippen LogP contribution in [-0.4, -0.2) is 39.8 Å². The minimum absolute atomic E-state index is 0. The topological polar surface area (TPSA) is 70.6 Å². The van der Waals surface area contributed by atoms with E-state index in [1.54, 1.807) is 42.6 Å². The van der Waals surface area contributed by atoms with Crippen LogP contribution < -0.4 is 10.6 Å². The highest BCUT2D eigenvalue weighted by molar-refractivity contribution is 14.0. The van der Waals surface area contributed by atoms with Gasteiger partial charge in [-0.2, -0.15) is 0 Å². The summed E-state index contributed by atoms with van der Waals surface area (Å²) in [4.78, 5) is 7.25. The minimum atomic E-state index is -3.23. The van der Waals surface area contributed by atoms with Crippen LogP contribution in [0.25, 0.3) is 0 Å². The molecule has 27 heavy (non-hydrogen) atoms. The van der Waals surface area contributed by atoms with Gasteiger partial charge in [0.25, 0.3) is 0 Å². The number of halogens is 1. The normalized spacial score (nSPS) is 12.9. The molecular formula is C19H28IN3O2S2. The average molecular weight is 521 g/mol. The van der Waals surface area contributed by atoms with E-state index in [4.69, 9.17) is 0 Å². The summed E-state index contributed by atoms with van der Waals surface area (Å²) in [6.45, 7) is 4.77. The number of nitrogens with one attached hydrogen (secondary N) is 2. The number of rotatable bonds is 8. The molecule has 0 bridgehead atoms. The van der Waals surface area contributed by atoms with Gasteiger partial charge in [0.2, 0.25) is 0 Å². The SMILES string of the molecule is CN=C(NCCCS(=O)(=O)c1ccccc1)NC(C)Cc1ccc(C)s1.I. The number of nitrogens with zero attached hydrogens (tertiary/aromatic N) is 1. The lowest BCUT2D eigenvalue weighted by atomic mass is 10.2. The molecule has 1 atom stereocenters. The van der Waals surface area contributed by atoms with Crippen LogP contribution in [0.4, 0.5) is 0 Å². The molecule has 0 saturated carbocycles. The van der Waals surface area contributed by atoms with Crippen LogP contribution in [0.5, 0.6) is 0 Å². The molecule has 0 radical (unpaired) electrons. The number of aryl methyl sites for hydroxylation is 1. The Labute approximate surface area is 183 Å². The lowest BCUT2D eigenvalue weighted by Crippen LogP contribution is -2.43. The third-order valence-corrected chi connectivity index (χ3v) is 6.73. The van der Waals surface area contributed by atoms with Crippen LogP contribution >= 0.6 is 35.3 Å². The summed E-state index contributed by atoms with van der Waals surface area (Å²) in [6.07, 6.45) is 1.46. The predicted molar refractivity (Wildman–Crippen MR) is 125 cm³/mol. The lowest BCUT2D eigenvalue weighted by Gasteiger charge is -2.17. The molecule has 5 nitrogen and oxygen atoms in total. The molecule has 150 valence electrons. The van der Waals surface area contributed by atoms with E-state index in [2.05, 4.69) is 41.6 Å². The maximum atomic E-state index is 12.3. The summed E-state index contributed by atoms with van der Waals surface area (Å²) < 4.78 is 24.5. The van der Waals surface area contributed by atoms with Gasteiger partial charge in [0.15, 0.2) is 15.8 Å². The van der Waals surface area contributed by atoms with Gasteiger partial charge in [-0.05, 0) is 44.5 Å². The van der Waals surface area contributed by atoms with E-state index in [9.17, 15) is 8.42 Å². The molecule has 2 rings (SSSR count). The highest BCUT2D eigenvalue weighted by Crippen LogP contribution is 2.16. The average Bonchev–Trinajstić information content (AvgIpc) is 3.03. The number of aliphatic imine (C=N–C) groups is 1. The second-order valence-electron chi connectivity index (χ2n) is 6.25. The summed E-state index contributed by atoms with van der Waals surface area (Å²) >= 11 is 1.81. The standard InChI is InChI=1S/C19H27N3O2S2.HI/c1-15(14-17-11-10-16(2)25-17)22-19(20-3)21-12-7-13-26(23,24)18-8-5-4-6-9-18;/h4-6,8-11,15H,7,12-14H2,1-3H3,(H2,20,21,22);1H. The van der Waals surface area contributed by atoms with Crippen molar-refractivity contribution in [1.29, 1.82) is 0 Å². The molecule has 1 aromatic heterocycles. The molecule has 0 saturated heterocycles. The summed E-state index contributed by atoms with van der Waals surface area (Å²) in [7, 11) is -1.50. The molecule has 0 aliphatic heterocycles. The first-order chi connectivity index (χ1) is 12.4. The first kappa shape index (κ1) is 23.9. The zero-order valence-corrected chi connectivity index (χ0v) is 19.9. The van der Waals surface area contributed by atoms with E-state index in [-0.39, 0.29) is 35.8 Å². The van der Waals surface area contributed by atoms with Crippen LogP contribution in [-0.2, 0) is 16.3 Å². The monoisotopic (exact) mass is 521 g/mol. The Morgan fingerprint density at radius 3 is 2.48 bits per heavy atom. The molecule has 0 spiro atoms. The smallest absolute Gasteiger partial charge is 0.191 e. The Balaban J connectivity index is 0.00000364. The van der Waals surface area contributed by atoms with Gasteiger partial charge in [-0.3, -0.25) is 4.99 Å². The van der Waals surface area contributed by atoms with E-state index in [1.807, 2.05) is 6.07 Å². The largest absolute Gasteiger partial charge is 0.356 e. The molecule has 2 N–H and O–H groups in total. The molecule has 0 fully saturated rings. The van der Waals surface area contributed by atoms with Crippen LogP contribution in [0.15, 0.2) is 52.4 Å². The van der Waals surface area contributed by atoms with Gasteiger partial charge in [0, 0.05) is 35.8 Å². The Bertz CT molecular complexity index is 820. The number of benzene rings is 1. The van der Waals surface area contributed by atoms with Gasteiger partial charge in [-0.15, -0.1) is 35.3 Å². The first-order valence-electron chi connectivity index (χ1n) is 8.71. The van der Waals surface area contributed by atoms with Crippen molar-refractivity contribution in [3.8, 4) is 0 Å². The van der Waals surface area contributed by atoms with Crippen molar-refractivity contribution in [1.82, 2.24) is 10.6 Å². The van der Waals surface area contributed by atoms with E-state index >= 15 is 0 Å². The molecule has 1 heterocycles. The Hall–Kier alpha value is -1.13. The van der Waals surface area contributed by atoms with E-state index in [0.29, 0.717) is 23.8 Å². The van der Waals surface area contributed by atoms with Crippen molar-refractivity contribution < 1.29 is 8.42 Å². The zero-order valence-electron chi connectivity index (χ0n) is 15.9. The fourth-order valence-electron chi connectivity index (χ4n) is 2.59. The van der Waals surface area contributed by atoms with Crippen LogP contribution in [0.1, 0.15) is 23.1 Å². The number of sulfone groups is 1. The maximum absolute atomic E-state index is 12.3. The van der Waals surface area contributed by atoms with E-state index in [0.717, 1.165) is 6.42 Å². The minimum Gasteiger partial charge on any atom is -0.356 e. The molecule has 8 heteroatoms. The molecule has 0 amide bonds. The highest BCUT2D eigenvalue weighted by atomic mass is 127. The van der Waals surface area contributed by atoms with Gasteiger partial charge in [0.05, 0.1) is 10.6 Å². The fraction of sp³-hybridized carbons (Fsp3) is 0.421. The second kappa shape index (κ2) is 11.7. The predicted octanol–water partition coefficient (Wildman–Crippen LogP) is 3.63. The van der Waals surface area contributed by atoms with Crippen molar-refractivity contribution in [3.05, 3.63) is 52.2 Å². The number of thiophene rings is 1. The third kappa shape index (κ3) is 8.18. The number of guanidine groups is 1. The lowest BCUT2D eigenvalue weighted by molar-refractivity contribution is 0.591. The van der Waals surface area contributed by atoms with Crippen LogP contribution in [0.3, 0.4) is 0 Å². The molecule has 0 aliphatic rings. The highest BCUT2D eigenvalue weighted by Gasteiger charge is 2.13. The third-order valence-electron chi connectivity index (χ3n) is 3.89. The number of hydrogen-bond donors (Lipinski definition) is 2. The molecule has 2 aromatic rings.